The van der Waals surface area contributed by atoms with E-state index in [1.165, 1.54) is 0 Å². The normalized spacial score (nSPS) is 13.2. The van der Waals surface area contributed by atoms with Crippen LogP contribution < -0.4 is 15.8 Å². The summed E-state index contributed by atoms with van der Waals surface area (Å²) in [4.78, 5) is 0. The third kappa shape index (κ3) is 4.94. The molecule has 1 unspecified atom stereocenters. The number of ether oxygens (including phenoxy) is 1. The Hall–Kier alpha value is -1.40. The molecule has 0 saturated heterocycles. The molecule has 112 valence electrons. The highest BCUT2D eigenvalue weighted by atomic mass is 32.2. The molecular weight excluding hydrogens is 274 g/mol. The van der Waals surface area contributed by atoms with Crippen molar-refractivity contribution < 1.29 is 9.94 Å². The summed E-state index contributed by atoms with van der Waals surface area (Å²) < 4.78 is 5.28. The fourth-order valence-corrected chi connectivity index (χ4v) is 2.39. The fourth-order valence-electron chi connectivity index (χ4n) is 1.80. The lowest BCUT2D eigenvalue weighted by Gasteiger charge is -2.14. The summed E-state index contributed by atoms with van der Waals surface area (Å²) in [6.45, 7) is 2.95. The smallest absolute Gasteiger partial charge is 0.173 e. The van der Waals surface area contributed by atoms with Gasteiger partial charge in [0.1, 0.15) is 5.75 Å². The first-order valence-corrected chi connectivity index (χ1v) is 7.88. The second kappa shape index (κ2) is 8.71. The Morgan fingerprint density at radius 2 is 2.30 bits per heavy atom. The maximum atomic E-state index is 8.73. The third-order valence-corrected chi connectivity index (χ3v) is 3.70. The van der Waals surface area contributed by atoms with Crippen molar-refractivity contribution in [1.82, 2.24) is 5.32 Å². The van der Waals surface area contributed by atoms with E-state index in [1.807, 2.05) is 23.9 Å². The average molecular weight is 297 g/mol. The number of nitrogens with one attached hydrogen (secondary N) is 1. The molecule has 0 amide bonds. The van der Waals surface area contributed by atoms with Gasteiger partial charge in [0.2, 0.25) is 0 Å². The minimum Gasteiger partial charge on any atom is -0.496 e. The van der Waals surface area contributed by atoms with Crippen molar-refractivity contribution in [1.29, 1.82) is 0 Å². The third-order valence-electron chi connectivity index (χ3n) is 3.06. The summed E-state index contributed by atoms with van der Waals surface area (Å²) in [5.74, 6) is 1.81. The van der Waals surface area contributed by atoms with E-state index in [0.29, 0.717) is 17.4 Å². The number of nitrogens with two attached hydrogens (primary N) is 1. The fraction of sp³-hybridized carbons (Fsp3) is 0.500. The lowest BCUT2D eigenvalue weighted by Crippen LogP contribution is -2.26. The van der Waals surface area contributed by atoms with Crippen molar-refractivity contribution in [2.45, 2.75) is 25.9 Å². The molecule has 0 fully saturated rings. The van der Waals surface area contributed by atoms with Crippen molar-refractivity contribution in [3.63, 3.8) is 0 Å². The van der Waals surface area contributed by atoms with E-state index in [-0.39, 0.29) is 5.84 Å². The maximum Gasteiger partial charge on any atom is 0.173 e. The van der Waals surface area contributed by atoms with Crippen molar-refractivity contribution in [3.05, 3.63) is 29.3 Å². The number of oxime groups is 1. The van der Waals surface area contributed by atoms with Crippen LogP contribution >= 0.6 is 11.8 Å². The molecule has 0 aromatic heterocycles. The standard InChI is InChI=1S/C14H23N3O2S/c1-10(6-7-20-3)16-9-11-4-5-12(14(15)17-18)13(8-11)19-2/h4-5,8,10,16,18H,6-7,9H2,1-3H3,(H2,15,17). The molecule has 5 nitrogen and oxygen atoms in total. The van der Waals surface area contributed by atoms with Crippen LogP contribution in [0.1, 0.15) is 24.5 Å². The zero-order valence-corrected chi connectivity index (χ0v) is 13.0. The summed E-state index contributed by atoms with van der Waals surface area (Å²) >= 11 is 1.85. The number of amidine groups is 1. The van der Waals surface area contributed by atoms with Crippen LogP contribution in [0.2, 0.25) is 0 Å². The average Bonchev–Trinajstić information content (AvgIpc) is 2.49. The van der Waals surface area contributed by atoms with Crippen molar-refractivity contribution in [2.75, 3.05) is 19.1 Å². The summed E-state index contributed by atoms with van der Waals surface area (Å²) in [6, 6.07) is 6.13. The lowest BCUT2D eigenvalue weighted by molar-refractivity contribution is 0.318. The van der Waals surface area contributed by atoms with Crippen molar-refractivity contribution in [2.24, 2.45) is 10.9 Å². The first-order chi connectivity index (χ1) is 9.62. The predicted octanol–water partition coefficient (Wildman–Crippen LogP) is 2.02. The van der Waals surface area contributed by atoms with Gasteiger partial charge < -0.3 is 21.0 Å². The van der Waals surface area contributed by atoms with Gasteiger partial charge in [0.25, 0.3) is 0 Å². The SMILES string of the molecule is COc1cc(CNC(C)CCSC)ccc1/C(N)=N/O. The van der Waals surface area contributed by atoms with Gasteiger partial charge in [0, 0.05) is 12.6 Å². The van der Waals surface area contributed by atoms with Gasteiger partial charge in [-0.05, 0) is 43.0 Å². The van der Waals surface area contributed by atoms with Crippen LogP contribution in [0.5, 0.6) is 5.75 Å². The number of hydrogen-bond donors (Lipinski definition) is 3. The molecule has 4 N–H and O–H groups in total. The van der Waals surface area contributed by atoms with Crippen LogP contribution in [0.15, 0.2) is 23.4 Å². The van der Waals surface area contributed by atoms with Gasteiger partial charge in [0.05, 0.1) is 12.7 Å². The number of thioether (sulfide) groups is 1. The molecule has 1 atom stereocenters. The Morgan fingerprint density at radius 3 is 2.90 bits per heavy atom. The number of benzene rings is 1. The zero-order chi connectivity index (χ0) is 15.0. The van der Waals surface area contributed by atoms with E-state index in [0.717, 1.165) is 24.3 Å². The maximum absolute atomic E-state index is 8.73. The van der Waals surface area contributed by atoms with Gasteiger partial charge in [-0.25, -0.2) is 0 Å². The Labute approximate surface area is 124 Å². The summed E-state index contributed by atoms with van der Waals surface area (Å²) in [6.07, 6.45) is 3.25. The van der Waals surface area contributed by atoms with Gasteiger partial charge in [-0.1, -0.05) is 11.2 Å². The number of methoxy groups -OCH3 is 1. The lowest BCUT2D eigenvalue weighted by atomic mass is 10.1. The van der Waals surface area contributed by atoms with E-state index in [4.69, 9.17) is 15.7 Å². The van der Waals surface area contributed by atoms with Gasteiger partial charge >= 0.3 is 0 Å². The van der Waals surface area contributed by atoms with Crippen LogP contribution in [-0.2, 0) is 6.54 Å². The van der Waals surface area contributed by atoms with Gasteiger partial charge in [-0.15, -0.1) is 0 Å². The van der Waals surface area contributed by atoms with Crippen LogP contribution in [0.4, 0.5) is 0 Å². The van der Waals surface area contributed by atoms with E-state index in [1.54, 1.807) is 13.2 Å². The van der Waals surface area contributed by atoms with Gasteiger partial charge in [0.15, 0.2) is 5.84 Å². The molecule has 1 aromatic carbocycles. The topological polar surface area (TPSA) is 79.9 Å². The molecule has 0 spiro atoms. The van der Waals surface area contributed by atoms with Gasteiger partial charge in [-0.2, -0.15) is 11.8 Å². The number of hydrogen-bond acceptors (Lipinski definition) is 5. The molecule has 0 heterocycles. The van der Waals surface area contributed by atoms with Crippen molar-refractivity contribution in [3.8, 4) is 5.75 Å². The van der Waals surface area contributed by atoms with Crippen molar-refractivity contribution >= 4 is 17.6 Å². The first kappa shape index (κ1) is 16.7. The Kier molecular flexibility index (Phi) is 7.25. The van der Waals surface area contributed by atoms with E-state index in [2.05, 4.69) is 23.7 Å². The van der Waals surface area contributed by atoms with Crippen LogP contribution in [-0.4, -0.2) is 36.2 Å². The molecule has 0 bridgehead atoms. The Balaban J connectivity index is 2.69. The second-order valence-electron chi connectivity index (χ2n) is 4.58. The quantitative estimate of drug-likeness (QED) is 0.296. The summed E-state index contributed by atoms with van der Waals surface area (Å²) in [7, 11) is 1.57. The van der Waals surface area contributed by atoms with E-state index >= 15 is 0 Å². The number of rotatable bonds is 8. The minimum atomic E-state index is 0.0506. The van der Waals surface area contributed by atoms with E-state index < -0.39 is 0 Å². The Bertz CT molecular complexity index is 452. The highest BCUT2D eigenvalue weighted by Crippen LogP contribution is 2.20. The summed E-state index contributed by atoms with van der Waals surface area (Å²) in [5.41, 5.74) is 7.30. The molecule has 1 aromatic rings. The largest absolute Gasteiger partial charge is 0.496 e. The molecule has 0 saturated carbocycles. The summed E-state index contributed by atoms with van der Waals surface area (Å²) in [5, 5.41) is 15.2. The first-order valence-electron chi connectivity index (χ1n) is 6.49. The second-order valence-corrected chi connectivity index (χ2v) is 5.57. The van der Waals surface area contributed by atoms with Gasteiger partial charge in [-0.3, -0.25) is 0 Å². The molecule has 0 aliphatic heterocycles. The molecule has 0 aliphatic rings. The zero-order valence-electron chi connectivity index (χ0n) is 12.2. The van der Waals surface area contributed by atoms with Crippen LogP contribution in [0.25, 0.3) is 0 Å². The van der Waals surface area contributed by atoms with E-state index in [9.17, 15) is 0 Å². The predicted molar refractivity (Wildman–Crippen MR) is 84.8 cm³/mol. The molecule has 6 heteroatoms. The molecule has 0 aliphatic carbocycles. The Morgan fingerprint density at radius 1 is 1.55 bits per heavy atom. The van der Waals surface area contributed by atoms with Crippen LogP contribution in [0.3, 0.4) is 0 Å². The highest BCUT2D eigenvalue weighted by Gasteiger charge is 2.09. The molecule has 1 rings (SSSR count). The highest BCUT2D eigenvalue weighted by molar-refractivity contribution is 7.98. The molecular formula is C14H23N3O2S. The number of nitrogens with zero attached hydrogens (tertiary/aromatic N) is 1. The molecule has 0 radical (unpaired) electrons. The van der Waals surface area contributed by atoms with Crippen LogP contribution in [0, 0.1) is 0 Å². The monoisotopic (exact) mass is 297 g/mol. The molecule has 20 heavy (non-hydrogen) atoms. The minimum absolute atomic E-state index is 0.0506.